The maximum atomic E-state index is 11.2. The summed E-state index contributed by atoms with van der Waals surface area (Å²) in [4.78, 5) is 12.8. The van der Waals surface area contributed by atoms with Crippen LogP contribution in [0.25, 0.3) is 0 Å². The van der Waals surface area contributed by atoms with E-state index in [9.17, 15) is 10.1 Å². The summed E-state index contributed by atoms with van der Waals surface area (Å²) in [7, 11) is 5.53. The van der Waals surface area contributed by atoms with Crippen LogP contribution >= 0.6 is 11.6 Å². The summed E-state index contributed by atoms with van der Waals surface area (Å²) >= 11 is 5.85. The Balaban J connectivity index is 2.26. The molecule has 128 valence electrons. The minimum atomic E-state index is -0.442. The summed E-state index contributed by atoms with van der Waals surface area (Å²) in [6, 6.07) is 12.3. The van der Waals surface area contributed by atoms with Gasteiger partial charge in [0, 0.05) is 23.2 Å². The molecule has 1 atom stereocenters. The van der Waals surface area contributed by atoms with Crippen LogP contribution in [0.1, 0.15) is 11.6 Å². The predicted octanol–water partition coefficient (Wildman–Crippen LogP) is 3.97. The number of hydrogen-bond acceptors (Lipinski definition) is 5. The molecule has 0 bridgehead atoms. The van der Waals surface area contributed by atoms with Crippen LogP contribution in [0.3, 0.4) is 0 Å². The Morgan fingerprint density at radius 2 is 2.00 bits per heavy atom. The molecule has 0 aliphatic rings. The molecule has 0 aliphatic carbocycles. The van der Waals surface area contributed by atoms with Crippen LogP contribution in [-0.2, 0) is 0 Å². The number of nitro groups is 1. The van der Waals surface area contributed by atoms with Gasteiger partial charge in [-0.05, 0) is 32.3 Å². The van der Waals surface area contributed by atoms with Crippen LogP contribution in [0.15, 0.2) is 42.5 Å². The number of nitrogens with zero attached hydrogens (tertiary/aromatic N) is 2. The van der Waals surface area contributed by atoms with Gasteiger partial charge in [-0.3, -0.25) is 10.1 Å². The lowest BCUT2D eigenvalue weighted by Gasteiger charge is -2.27. The molecular weight excluding hydrogens is 330 g/mol. The van der Waals surface area contributed by atoms with Crippen molar-refractivity contribution in [1.82, 2.24) is 4.90 Å². The highest BCUT2D eigenvalue weighted by Crippen LogP contribution is 2.31. The second-order valence-electron chi connectivity index (χ2n) is 5.52. The van der Waals surface area contributed by atoms with Gasteiger partial charge in [-0.15, -0.1) is 0 Å². The number of hydrogen-bond donors (Lipinski definition) is 1. The smallest absolute Gasteiger partial charge is 0.293 e. The van der Waals surface area contributed by atoms with Crippen molar-refractivity contribution < 1.29 is 9.66 Å². The second-order valence-corrected chi connectivity index (χ2v) is 5.96. The number of nitrogens with one attached hydrogen (secondary N) is 1. The number of anilines is 1. The van der Waals surface area contributed by atoms with E-state index in [0.29, 0.717) is 17.3 Å². The van der Waals surface area contributed by atoms with E-state index in [1.165, 1.54) is 6.07 Å². The van der Waals surface area contributed by atoms with Gasteiger partial charge >= 0.3 is 0 Å². The lowest BCUT2D eigenvalue weighted by atomic mass is 10.0. The van der Waals surface area contributed by atoms with Gasteiger partial charge < -0.3 is 15.0 Å². The molecule has 0 spiro atoms. The summed E-state index contributed by atoms with van der Waals surface area (Å²) in [5.41, 5.74) is 1.40. The molecule has 6 nitrogen and oxygen atoms in total. The molecule has 0 saturated heterocycles. The summed E-state index contributed by atoms with van der Waals surface area (Å²) < 4.78 is 5.43. The number of ether oxygens (including phenoxy) is 1. The van der Waals surface area contributed by atoms with Crippen LogP contribution in [0.4, 0.5) is 11.4 Å². The Morgan fingerprint density at radius 1 is 1.29 bits per heavy atom. The molecule has 1 N–H and O–H groups in total. The average molecular weight is 350 g/mol. The molecule has 0 aliphatic heterocycles. The van der Waals surface area contributed by atoms with Crippen LogP contribution in [0, 0.1) is 10.1 Å². The van der Waals surface area contributed by atoms with E-state index in [1.54, 1.807) is 19.2 Å². The highest BCUT2D eigenvalue weighted by Gasteiger charge is 2.20. The first-order valence-electron chi connectivity index (χ1n) is 7.41. The van der Waals surface area contributed by atoms with Crippen LogP contribution in [-0.4, -0.2) is 37.6 Å². The van der Waals surface area contributed by atoms with Gasteiger partial charge in [0.2, 0.25) is 0 Å². The minimum Gasteiger partial charge on any atom is -0.496 e. The van der Waals surface area contributed by atoms with Crippen molar-refractivity contribution in [2.75, 3.05) is 33.1 Å². The highest BCUT2D eigenvalue weighted by atomic mass is 35.5. The Kier molecular flexibility index (Phi) is 6.00. The van der Waals surface area contributed by atoms with E-state index in [1.807, 2.05) is 43.3 Å². The molecule has 24 heavy (non-hydrogen) atoms. The zero-order chi connectivity index (χ0) is 17.7. The van der Waals surface area contributed by atoms with Crippen LogP contribution < -0.4 is 10.1 Å². The fourth-order valence-electron chi connectivity index (χ4n) is 2.52. The molecule has 0 saturated carbocycles. The van der Waals surface area contributed by atoms with Crippen molar-refractivity contribution >= 4 is 23.0 Å². The molecule has 0 amide bonds. The highest BCUT2D eigenvalue weighted by molar-refractivity contribution is 6.30. The van der Waals surface area contributed by atoms with E-state index in [-0.39, 0.29) is 11.7 Å². The third-order valence-electron chi connectivity index (χ3n) is 3.76. The largest absolute Gasteiger partial charge is 0.496 e. The molecule has 0 heterocycles. The normalized spacial score (nSPS) is 12.0. The zero-order valence-corrected chi connectivity index (χ0v) is 14.6. The number of para-hydroxylation sites is 1. The maximum absolute atomic E-state index is 11.2. The number of likely N-dealkylation sites (N-methyl/N-ethyl adjacent to an activating group) is 1. The quantitative estimate of drug-likeness (QED) is 0.605. The molecular formula is C17H20ClN3O3. The van der Waals surface area contributed by atoms with Crippen molar-refractivity contribution in [3.05, 3.63) is 63.2 Å². The molecule has 1 unspecified atom stereocenters. The van der Waals surface area contributed by atoms with E-state index in [2.05, 4.69) is 5.32 Å². The van der Waals surface area contributed by atoms with E-state index >= 15 is 0 Å². The van der Waals surface area contributed by atoms with Gasteiger partial charge in [-0.1, -0.05) is 29.8 Å². The van der Waals surface area contributed by atoms with Gasteiger partial charge in [0.05, 0.1) is 18.1 Å². The Labute approximate surface area is 146 Å². The fourth-order valence-corrected chi connectivity index (χ4v) is 2.69. The summed E-state index contributed by atoms with van der Waals surface area (Å²) in [5.74, 6) is 0.781. The molecule has 0 radical (unpaired) electrons. The molecule has 0 fully saturated rings. The lowest BCUT2D eigenvalue weighted by Crippen LogP contribution is -2.27. The number of benzene rings is 2. The number of rotatable bonds is 7. The summed E-state index contributed by atoms with van der Waals surface area (Å²) in [6.45, 7) is 0.482. The molecule has 2 rings (SSSR count). The monoisotopic (exact) mass is 349 g/mol. The molecule has 0 aromatic heterocycles. The first-order valence-corrected chi connectivity index (χ1v) is 7.79. The van der Waals surface area contributed by atoms with Gasteiger partial charge in [0.25, 0.3) is 5.69 Å². The number of halogens is 1. The Morgan fingerprint density at radius 3 is 2.62 bits per heavy atom. The zero-order valence-electron chi connectivity index (χ0n) is 13.8. The van der Waals surface area contributed by atoms with Crippen molar-refractivity contribution in [2.45, 2.75) is 6.04 Å². The van der Waals surface area contributed by atoms with Crippen molar-refractivity contribution in [3.8, 4) is 5.75 Å². The van der Waals surface area contributed by atoms with Gasteiger partial charge in [0.1, 0.15) is 11.4 Å². The number of nitro benzene ring substituents is 1. The third kappa shape index (κ3) is 4.15. The lowest BCUT2D eigenvalue weighted by molar-refractivity contribution is -0.383. The molecule has 7 heteroatoms. The van der Waals surface area contributed by atoms with Gasteiger partial charge in [-0.25, -0.2) is 0 Å². The van der Waals surface area contributed by atoms with Crippen LogP contribution in [0.5, 0.6) is 5.75 Å². The van der Waals surface area contributed by atoms with E-state index in [4.69, 9.17) is 16.3 Å². The second kappa shape index (κ2) is 7.99. The molecule has 2 aromatic carbocycles. The topological polar surface area (TPSA) is 67.6 Å². The Hall–Kier alpha value is -2.31. The average Bonchev–Trinajstić information content (AvgIpc) is 2.56. The number of methoxy groups -OCH3 is 1. The molecule has 2 aromatic rings. The van der Waals surface area contributed by atoms with E-state index < -0.39 is 4.92 Å². The summed E-state index contributed by atoms with van der Waals surface area (Å²) in [5, 5.41) is 14.7. The van der Waals surface area contributed by atoms with Crippen LogP contribution in [0.2, 0.25) is 5.02 Å². The summed E-state index contributed by atoms with van der Waals surface area (Å²) in [6.07, 6.45) is 0. The van der Waals surface area contributed by atoms with Gasteiger partial charge in [-0.2, -0.15) is 0 Å². The van der Waals surface area contributed by atoms with Gasteiger partial charge in [0.15, 0.2) is 0 Å². The maximum Gasteiger partial charge on any atom is 0.293 e. The first kappa shape index (κ1) is 18.0. The third-order valence-corrected chi connectivity index (χ3v) is 4.00. The first-order chi connectivity index (χ1) is 11.4. The Bertz CT molecular complexity index is 722. The minimum absolute atomic E-state index is 0.0172. The van der Waals surface area contributed by atoms with E-state index in [0.717, 1.165) is 11.3 Å². The predicted molar refractivity (Wildman–Crippen MR) is 96.0 cm³/mol. The standard InChI is InChI=1S/C17H20ClN3O3/c1-20(2)16(13-6-4-5-7-17(13)24-3)11-19-14-9-8-12(18)10-15(14)21(22)23/h4-10,16,19H,11H2,1-3H3. The SMILES string of the molecule is COc1ccccc1C(CNc1ccc(Cl)cc1[N+](=O)[O-])N(C)C. The van der Waals surface area contributed by atoms with Crippen molar-refractivity contribution in [1.29, 1.82) is 0 Å². The van der Waals surface area contributed by atoms with Crippen molar-refractivity contribution in [2.24, 2.45) is 0 Å². The fraction of sp³-hybridized carbons (Fsp3) is 0.294. The van der Waals surface area contributed by atoms with Crippen molar-refractivity contribution in [3.63, 3.8) is 0 Å².